The van der Waals surface area contributed by atoms with Crippen LogP contribution in [0.4, 0.5) is 0 Å². The van der Waals surface area contributed by atoms with E-state index in [-0.39, 0.29) is 0 Å². The van der Waals surface area contributed by atoms with Crippen molar-refractivity contribution in [1.29, 1.82) is 0 Å². The van der Waals surface area contributed by atoms with E-state index < -0.39 is 0 Å². The summed E-state index contributed by atoms with van der Waals surface area (Å²) < 4.78 is 5.77. The molecule has 2 aliphatic rings. The molecule has 0 spiro atoms. The number of nitrogens with zero attached hydrogens (tertiary/aromatic N) is 1. The molecule has 2 atom stereocenters. The van der Waals surface area contributed by atoms with Crippen LogP contribution in [-0.2, 0) is 4.74 Å². The van der Waals surface area contributed by atoms with Crippen molar-refractivity contribution < 1.29 is 4.74 Å². The molecule has 1 saturated heterocycles. The predicted octanol–water partition coefficient (Wildman–Crippen LogP) is 2.43. The maximum absolute atomic E-state index is 5.77. The summed E-state index contributed by atoms with van der Waals surface area (Å²) in [5.41, 5.74) is 0. The fourth-order valence-corrected chi connectivity index (χ4v) is 2.96. The Morgan fingerprint density at radius 3 is 2.07 bits per heavy atom. The summed E-state index contributed by atoms with van der Waals surface area (Å²) in [6.45, 7) is 6.70. The van der Waals surface area contributed by atoms with Gasteiger partial charge in [-0.1, -0.05) is 19.3 Å². The van der Waals surface area contributed by atoms with Gasteiger partial charge in [0.1, 0.15) is 0 Å². The minimum absolute atomic E-state index is 0.431. The van der Waals surface area contributed by atoms with Gasteiger partial charge in [-0.25, -0.2) is 0 Å². The van der Waals surface area contributed by atoms with E-state index in [0.717, 1.165) is 19.1 Å². The standard InChI is InChI=1S/C12H23NO/c1-10-8-13(9-11(2)14-10)12-6-4-3-5-7-12/h10-12H,3-9H2,1-2H3. The van der Waals surface area contributed by atoms with Crippen LogP contribution in [-0.4, -0.2) is 36.2 Å². The summed E-state index contributed by atoms with van der Waals surface area (Å²) in [4.78, 5) is 2.66. The number of ether oxygens (including phenoxy) is 1. The average Bonchev–Trinajstić information content (AvgIpc) is 2.18. The van der Waals surface area contributed by atoms with E-state index in [1.165, 1.54) is 32.1 Å². The van der Waals surface area contributed by atoms with Gasteiger partial charge in [0.15, 0.2) is 0 Å². The first-order valence-electron chi connectivity index (χ1n) is 6.15. The van der Waals surface area contributed by atoms with Gasteiger partial charge in [0.05, 0.1) is 12.2 Å². The Balaban J connectivity index is 1.88. The van der Waals surface area contributed by atoms with Crippen molar-refractivity contribution in [3.63, 3.8) is 0 Å². The Labute approximate surface area is 87.6 Å². The Kier molecular flexibility index (Phi) is 3.45. The minimum Gasteiger partial charge on any atom is -0.373 e. The Hall–Kier alpha value is -0.0800. The second-order valence-electron chi connectivity index (χ2n) is 5.00. The maximum Gasteiger partial charge on any atom is 0.0678 e. The van der Waals surface area contributed by atoms with E-state index in [1.54, 1.807) is 0 Å². The summed E-state index contributed by atoms with van der Waals surface area (Å²) in [6.07, 6.45) is 8.02. The van der Waals surface area contributed by atoms with Gasteiger partial charge >= 0.3 is 0 Å². The largest absolute Gasteiger partial charge is 0.373 e. The molecule has 1 saturated carbocycles. The topological polar surface area (TPSA) is 12.5 Å². The number of hydrogen-bond donors (Lipinski definition) is 0. The van der Waals surface area contributed by atoms with Crippen LogP contribution in [0.15, 0.2) is 0 Å². The van der Waals surface area contributed by atoms with Crippen LogP contribution in [0.25, 0.3) is 0 Å². The van der Waals surface area contributed by atoms with Gasteiger partial charge in [-0.05, 0) is 26.7 Å². The SMILES string of the molecule is CC1CN(C2CCCCC2)CC(C)O1. The van der Waals surface area contributed by atoms with Gasteiger partial charge in [0, 0.05) is 19.1 Å². The van der Waals surface area contributed by atoms with Gasteiger partial charge in [-0.2, -0.15) is 0 Å². The van der Waals surface area contributed by atoms with Gasteiger partial charge < -0.3 is 4.74 Å². The van der Waals surface area contributed by atoms with Crippen LogP contribution >= 0.6 is 0 Å². The highest BCUT2D eigenvalue weighted by Crippen LogP contribution is 2.25. The molecule has 0 radical (unpaired) electrons. The number of rotatable bonds is 1. The van der Waals surface area contributed by atoms with Crippen LogP contribution in [0.3, 0.4) is 0 Å². The molecule has 1 aliphatic heterocycles. The summed E-state index contributed by atoms with van der Waals surface area (Å²) in [5, 5.41) is 0. The molecule has 0 aromatic heterocycles. The Bertz CT molecular complexity index is 167. The first kappa shape index (κ1) is 10.4. The van der Waals surface area contributed by atoms with Crippen molar-refractivity contribution >= 4 is 0 Å². The zero-order valence-corrected chi connectivity index (χ0v) is 9.54. The summed E-state index contributed by atoms with van der Waals surface area (Å²) in [7, 11) is 0. The predicted molar refractivity (Wildman–Crippen MR) is 58.5 cm³/mol. The van der Waals surface area contributed by atoms with Gasteiger partial charge in [0.2, 0.25) is 0 Å². The lowest BCUT2D eigenvalue weighted by atomic mass is 9.93. The molecule has 2 rings (SSSR count). The Morgan fingerprint density at radius 2 is 1.50 bits per heavy atom. The summed E-state index contributed by atoms with van der Waals surface area (Å²) >= 11 is 0. The van der Waals surface area contributed by atoms with E-state index in [0.29, 0.717) is 12.2 Å². The fourth-order valence-electron chi connectivity index (χ4n) is 2.96. The number of hydrogen-bond acceptors (Lipinski definition) is 2. The highest BCUT2D eigenvalue weighted by atomic mass is 16.5. The van der Waals surface area contributed by atoms with Crippen molar-refractivity contribution in [2.45, 2.75) is 64.2 Å². The quantitative estimate of drug-likeness (QED) is 0.640. The van der Waals surface area contributed by atoms with E-state index in [9.17, 15) is 0 Å². The van der Waals surface area contributed by atoms with Crippen molar-refractivity contribution in [1.82, 2.24) is 4.90 Å². The lowest BCUT2D eigenvalue weighted by molar-refractivity contribution is -0.0839. The van der Waals surface area contributed by atoms with Crippen LogP contribution in [0.5, 0.6) is 0 Å². The fraction of sp³-hybridized carbons (Fsp3) is 1.00. The highest BCUT2D eigenvalue weighted by molar-refractivity contribution is 4.81. The normalized spacial score (nSPS) is 37.3. The molecular formula is C12H23NO. The zero-order chi connectivity index (χ0) is 9.97. The van der Waals surface area contributed by atoms with Crippen LogP contribution < -0.4 is 0 Å². The molecule has 2 fully saturated rings. The molecule has 2 unspecified atom stereocenters. The van der Waals surface area contributed by atoms with E-state index in [1.807, 2.05) is 0 Å². The van der Waals surface area contributed by atoms with Gasteiger partial charge in [-0.15, -0.1) is 0 Å². The molecule has 0 bridgehead atoms. The lowest BCUT2D eigenvalue weighted by Gasteiger charge is -2.41. The molecule has 82 valence electrons. The molecule has 14 heavy (non-hydrogen) atoms. The van der Waals surface area contributed by atoms with Crippen molar-refractivity contribution in [3.8, 4) is 0 Å². The van der Waals surface area contributed by atoms with Crippen LogP contribution in [0.1, 0.15) is 46.0 Å². The maximum atomic E-state index is 5.77. The van der Waals surface area contributed by atoms with Crippen molar-refractivity contribution in [2.24, 2.45) is 0 Å². The molecule has 0 N–H and O–H groups in total. The third kappa shape index (κ3) is 2.48. The second-order valence-corrected chi connectivity index (χ2v) is 5.00. The van der Waals surface area contributed by atoms with E-state index in [4.69, 9.17) is 4.74 Å². The second kappa shape index (κ2) is 4.63. The van der Waals surface area contributed by atoms with Crippen molar-refractivity contribution in [3.05, 3.63) is 0 Å². The molecule has 2 heteroatoms. The van der Waals surface area contributed by atoms with Crippen molar-refractivity contribution in [2.75, 3.05) is 13.1 Å². The molecule has 1 heterocycles. The minimum atomic E-state index is 0.431. The lowest BCUT2D eigenvalue weighted by Crippen LogP contribution is -2.50. The molecule has 2 nitrogen and oxygen atoms in total. The molecule has 0 aromatic rings. The van der Waals surface area contributed by atoms with E-state index >= 15 is 0 Å². The molecular weight excluding hydrogens is 174 g/mol. The van der Waals surface area contributed by atoms with Crippen LogP contribution in [0, 0.1) is 0 Å². The monoisotopic (exact) mass is 197 g/mol. The van der Waals surface area contributed by atoms with Crippen LogP contribution in [0.2, 0.25) is 0 Å². The smallest absolute Gasteiger partial charge is 0.0678 e. The van der Waals surface area contributed by atoms with Gasteiger partial charge in [-0.3, -0.25) is 4.90 Å². The zero-order valence-electron chi connectivity index (χ0n) is 9.54. The highest BCUT2D eigenvalue weighted by Gasteiger charge is 2.28. The molecule has 0 aromatic carbocycles. The first-order valence-corrected chi connectivity index (χ1v) is 6.15. The van der Waals surface area contributed by atoms with Gasteiger partial charge in [0.25, 0.3) is 0 Å². The third-order valence-electron chi connectivity index (χ3n) is 3.54. The first-order chi connectivity index (χ1) is 6.75. The molecule has 0 amide bonds. The third-order valence-corrected chi connectivity index (χ3v) is 3.54. The molecule has 1 aliphatic carbocycles. The van der Waals surface area contributed by atoms with E-state index in [2.05, 4.69) is 18.7 Å². The summed E-state index contributed by atoms with van der Waals surface area (Å²) in [5.74, 6) is 0. The Morgan fingerprint density at radius 1 is 0.929 bits per heavy atom. The average molecular weight is 197 g/mol. The number of morpholine rings is 1. The summed E-state index contributed by atoms with van der Waals surface area (Å²) in [6, 6.07) is 0.859.